The van der Waals surface area contributed by atoms with Crippen molar-refractivity contribution in [2.45, 2.75) is 32.8 Å². The molecule has 3 rings (SSSR count). The normalized spacial score (nSPS) is 14.7. The molecule has 1 saturated heterocycles. The molecule has 0 spiro atoms. The van der Waals surface area contributed by atoms with Gasteiger partial charge in [-0.3, -0.25) is 0 Å². The topological polar surface area (TPSA) is 61.9 Å². The largest absolute Gasteiger partial charge is 0.442 e. The highest BCUT2D eigenvalue weighted by molar-refractivity contribution is 6.01. The predicted octanol–water partition coefficient (Wildman–Crippen LogP) is 4.23. The van der Waals surface area contributed by atoms with E-state index < -0.39 is 11.7 Å². The fourth-order valence-corrected chi connectivity index (χ4v) is 2.84. The fourth-order valence-electron chi connectivity index (χ4n) is 2.84. The van der Waals surface area contributed by atoms with Crippen molar-refractivity contribution in [1.82, 2.24) is 10.0 Å². The first-order valence-corrected chi connectivity index (χ1v) is 8.42. The Morgan fingerprint density at radius 1 is 1.00 bits per heavy atom. The van der Waals surface area contributed by atoms with E-state index in [1.54, 1.807) is 0 Å². The van der Waals surface area contributed by atoms with E-state index in [2.05, 4.69) is 5.32 Å². The molecule has 1 heterocycles. The van der Waals surface area contributed by atoms with Gasteiger partial charge in [-0.15, -0.1) is 0 Å². The zero-order valence-corrected chi connectivity index (χ0v) is 14.8. The number of benzene rings is 2. The fraction of sp³-hybridized carbons (Fsp3) is 0.368. The number of hydrogen-bond acceptors (Lipinski definition) is 3. The Morgan fingerprint density at radius 3 is 2.44 bits per heavy atom. The van der Waals surface area contributed by atoms with Gasteiger partial charge in [-0.25, -0.2) is 19.6 Å². The molecule has 0 bridgehead atoms. The van der Waals surface area contributed by atoms with E-state index in [0.29, 0.717) is 13.1 Å². The monoisotopic (exact) mass is 341 g/mol. The van der Waals surface area contributed by atoms with Crippen LogP contribution in [0.15, 0.2) is 42.5 Å². The second-order valence-corrected chi connectivity index (χ2v) is 7.04. The number of hydrazine groups is 1. The maximum atomic E-state index is 12.7. The maximum absolute atomic E-state index is 12.7. The van der Waals surface area contributed by atoms with Gasteiger partial charge in [0.2, 0.25) is 0 Å². The minimum atomic E-state index is -0.600. The van der Waals surface area contributed by atoms with Crippen LogP contribution in [0, 0.1) is 0 Å². The summed E-state index contributed by atoms with van der Waals surface area (Å²) in [5.74, 6) is 0. The Balaban J connectivity index is 1.77. The van der Waals surface area contributed by atoms with Gasteiger partial charge in [-0.1, -0.05) is 36.4 Å². The molecule has 0 saturated carbocycles. The number of carbonyl (C=O) groups is 2. The summed E-state index contributed by atoms with van der Waals surface area (Å²) < 4.78 is 5.39. The van der Waals surface area contributed by atoms with E-state index in [-0.39, 0.29) is 6.03 Å². The van der Waals surface area contributed by atoms with Gasteiger partial charge in [0, 0.05) is 18.5 Å². The minimum absolute atomic E-state index is 0.334. The lowest BCUT2D eigenvalue weighted by atomic mass is 10.1. The molecule has 0 aliphatic carbocycles. The highest BCUT2D eigenvalue weighted by Crippen LogP contribution is 2.24. The maximum Gasteiger partial charge on any atom is 0.429 e. The van der Waals surface area contributed by atoms with Gasteiger partial charge in [-0.05, 0) is 38.6 Å². The molecule has 132 valence electrons. The number of anilines is 1. The van der Waals surface area contributed by atoms with Crippen molar-refractivity contribution in [3.63, 3.8) is 0 Å². The van der Waals surface area contributed by atoms with E-state index in [4.69, 9.17) is 4.74 Å². The molecule has 6 heteroatoms. The number of nitrogens with zero attached hydrogens (tertiary/aromatic N) is 2. The van der Waals surface area contributed by atoms with Crippen LogP contribution < -0.4 is 5.32 Å². The molecule has 25 heavy (non-hydrogen) atoms. The third-order valence-electron chi connectivity index (χ3n) is 3.90. The molecule has 2 aromatic carbocycles. The lowest BCUT2D eigenvalue weighted by Gasteiger charge is -2.30. The number of amides is 3. The van der Waals surface area contributed by atoms with Crippen LogP contribution in [0.4, 0.5) is 15.3 Å². The van der Waals surface area contributed by atoms with Crippen molar-refractivity contribution in [1.29, 1.82) is 0 Å². The van der Waals surface area contributed by atoms with Crippen LogP contribution in [0.2, 0.25) is 0 Å². The first-order chi connectivity index (χ1) is 11.8. The molecular formula is C19H23N3O3. The molecule has 3 amide bonds. The summed E-state index contributed by atoms with van der Waals surface area (Å²) in [6, 6.07) is 13.3. The third kappa shape index (κ3) is 3.84. The van der Waals surface area contributed by atoms with Gasteiger partial charge in [0.25, 0.3) is 0 Å². The Bertz CT molecular complexity index is 793. The van der Waals surface area contributed by atoms with Crippen LogP contribution in [-0.4, -0.2) is 40.8 Å². The van der Waals surface area contributed by atoms with Crippen molar-refractivity contribution < 1.29 is 14.3 Å². The van der Waals surface area contributed by atoms with Crippen molar-refractivity contribution in [2.24, 2.45) is 0 Å². The summed E-state index contributed by atoms with van der Waals surface area (Å²) in [6.45, 7) is 6.37. The molecule has 0 radical (unpaired) electrons. The number of rotatable bonds is 1. The SMILES string of the molecule is CC(C)(C)OC(=O)N1CCCN1C(=O)Nc1cccc2ccccc12. The van der Waals surface area contributed by atoms with Crippen molar-refractivity contribution in [3.8, 4) is 0 Å². The summed E-state index contributed by atoms with van der Waals surface area (Å²) >= 11 is 0. The zero-order chi connectivity index (χ0) is 18.0. The molecule has 6 nitrogen and oxygen atoms in total. The molecule has 0 atom stereocenters. The Kier molecular flexibility index (Phi) is 4.53. The number of nitrogens with one attached hydrogen (secondary N) is 1. The lowest BCUT2D eigenvalue weighted by Crippen LogP contribution is -2.48. The van der Waals surface area contributed by atoms with Gasteiger partial charge >= 0.3 is 12.1 Å². The highest BCUT2D eigenvalue weighted by Gasteiger charge is 2.33. The van der Waals surface area contributed by atoms with E-state index in [9.17, 15) is 9.59 Å². The molecule has 1 N–H and O–H groups in total. The van der Waals surface area contributed by atoms with Gasteiger partial charge in [-0.2, -0.15) is 0 Å². The molecule has 1 aliphatic heterocycles. The summed E-state index contributed by atoms with van der Waals surface area (Å²) in [5, 5.41) is 7.70. The van der Waals surface area contributed by atoms with Crippen LogP contribution in [-0.2, 0) is 4.74 Å². The quantitative estimate of drug-likeness (QED) is 0.844. The molecular weight excluding hydrogens is 318 g/mol. The summed E-state index contributed by atoms with van der Waals surface area (Å²) in [4.78, 5) is 25.0. The van der Waals surface area contributed by atoms with Crippen molar-refractivity contribution in [3.05, 3.63) is 42.5 Å². The number of fused-ring (bicyclic) bond motifs is 1. The number of hydrogen-bond donors (Lipinski definition) is 1. The molecule has 0 unspecified atom stereocenters. The van der Waals surface area contributed by atoms with Crippen molar-refractivity contribution >= 4 is 28.6 Å². The Labute approximate surface area is 147 Å². The predicted molar refractivity (Wildman–Crippen MR) is 97.2 cm³/mol. The average Bonchev–Trinajstić information content (AvgIpc) is 3.03. The first-order valence-electron chi connectivity index (χ1n) is 8.42. The third-order valence-corrected chi connectivity index (χ3v) is 3.90. The smallest absolute Gasteiger partial charge is 0.429 e. The minimum Gasteiger partial charge on any atom is -0.442 e. The van der Waals surface area contributed by atoms with Crippen LogP contribution in [0.5, 0.6) is 0 Å². The van der Waals surface area contributed by atoms with E-state index in [0.717, 1.165) is 22.9 Å². The lowest BCUT2D eigenvalue weighted by molar-refractivity contribution is -0.00933. The van der Waals surface area contributed by atoms with E-state index in [1.165, 1.54) is 10.0 Å². The molecule has 2 aromatic rings. The number of carbonyl (C=O) groups excluding carboxylic acids is 2. The Morgan fingerprint density at radius 2 is 1.68 bits per heavy atom. The molecule has 1 aliphatic rings. The first kappa shape index (κ1) is 17.1. The second-order valence-electron chi connectivity index (χ2n) is 7.04. The Hall–Kier alpha value is -2.76. The summed E-state index contributed by atoms with van der Waals surface area (Å²) in [5.41, 5.74) is 0.122. The van der Waals surface area contributed by atoms with Crippen LogP contribution in [0.1, 0.15) is 27.2 Å². The van der Waals surface area contributed by atoms with E-state index >= 15 is 0 Å². The summed E-state index contributed by atoms with van der Waals surface area (Å²) in [6.07, 6.45) is 0.223. The van der Waals surface area contributed by atoms with E-state index in [1.807, 2.05) is 63.2 Å². The van der Waals surface area contributed by atoms with Crippen LogP contribution in [0.3, 0.4) is 0 Å². The van der Waals surface area contributed by atoms with Gasteiger partial charge < -0.3 is 10.1 Å². The number of ether oxygens (including phenoxy) is 1. The zero-order valence-electron chi connectivity index (χ0n) is 14.8. The molecule has 0 aromatic heterocycles. The summed E-state index contributed by atoms with van der Waals surface area (Å²) in [7, 11) is 0. The second kappa shape index (κ2) is 6.63. The van der Waals surface area contributed by atoms with Gasteiger partial charge in [0.15, 0.2) is 0 Å². The van der Waals surface area contributed by atoms with Gasteiger partial charge in [0.1, 0.15) is 5.60 Å². The van der Waals surface area contributed by atoms with Crippen molar-refractivity contribution in [2.75, 3.05) is 18.4 Å². The van der Waals surface area contributed by atoms with Crippen LogP contribution >= 0.6 is 0 Å². The average molecular weight is 341 g/mol. The number of urea groups is 1. The van der Waals surface area contributed by atoms with Gasteiger partial charge in [0.05, 0.1) is 5.69 Å². The highest BCUT2D eigenvalue weighted by atomic mass is 16.6. The standard InChI is InChI=1S/C19H23N3O3/c1-19(2,3)25-18(24)22-13-7-12-21(22)17(23)20-16-11-6-9-14-8-4-5-10-15(14)16/h4-6,8-11H,7,12-13H2,1-3H3,(H,20,23). The molecule has 1 fully saturated rings. The van der Waals surface area contributed by atoms with Crippen LogP contribution in [0.25, 0.3) is 10.8 Å².